The van der Waals surface area contributed by atoms with Gasteiger partial charge >= 0.3 is 11.9 Å². The number of aryl methyl sites for hydroxylation is 2. The molecule has 2 aromatic rings. The van der Waals surface area contributed by atoms with Crippen molar-refractivity contribution in [1.82, 2.24) is 0 Å². The van der Waals surface area contributed by atoms with Crippen molar-refractivity contribution in [3.63, 3.8) is 0 Å². The first-order chi connectivity index (χ1) is 11.9. The number of ether oxygens (including phenoxy) is 2. The fourth-order valence-corrected chi connectivity index (χ4v) is 2.70. The quantitative estimate of drug-likeness (QED) is 0.556. The van der Waals surface area contributed by atoms with Gasteiger partial charge in [0, 0.05) is 0 Å². The smallest absolute Gasteiger partial charge is 0.344 e. The predicted octanol–water partition coefficient (Wildman–Crippen LogP) is 4.87. The molecule has 2 aromatic carbocycles. The topological polar surface area (TPSA) is 52.6 Å². The van der Waals surface area contributed by atoms with Crippen LogP contribution in [0, 0.1) is 13.8 Å². The van der Waals surface area contributed by atoms with Crippen LogP contribution >= 0.6 is 0 Å². The molecule has 25 heavy (non-hydrogen) atoms. The van der Waals surface area contributed by atoms with Gasteiger partial charge in [-0.1, -0.05) is 31.5 Å². The van der Waals surface area contributed by atoms with Crippen LogP contribution < -0.4 is 4.74 Å². The molecule has 4 heteroatoms. The Kier molecular flexibility index (Phi) is 6.34. The number of hydrogen-bond acceptors (Lipinski definition) is 4. The Morgan fingerprint density at radius 1 is 0.960 bits per heavy atom. The van der Waals surface area contributed by atoms with E-state index < -0.39 is 11.9 Å². The third-order valence-electron chi connectivity index (χ3n) is 3.78. The van der Waals surface area contributed by atoms with Crippen LogP contribution in [0.2, 0.25) is 0 Å². The van der Waals surface area contributed by atoms with Gasteiger partial charge in [0.2, 0.25) is 0 Å². The van der Waals surface area contributed by atoms with Gasteiger partial charge in [-0.25, -0.2) is 9.59 Å². The lowest BCUT2D eigenvalue weighted by atomic mass is 10.1. The summed E-state index contributed by atoms with van der Waals surface area (Å²) in [7, 11) is 0. The number of hydrogen-bond donors (Lipinski definition) is 0. The van der Waals surface area contributed by atoms with Gasteiger partial charge in [0.1, 0.15) is 5.75 Å². The standard InChI is InChI=1S/C21H24O4/c1-5-8-16(4)24-20(22)18-9-6-7-10-19(18)21(23)25-17-12-14(2)11-15(3)13-17/h6-7,9-13,16H,5,8H2,1-4H3. The first-order valence-corrected chi connectivity index (χ1v) is 8.51. The van der Waals surface area contributed by atoms with E-state index >= 15 is 0 Å². The molecule has 0 aliphatic heterocycles. The maximum absolute atomic E-state index is 12.5. The lowest BCUT2D eigenvalue weighted by Gasteiger charge is -2.14. The van der Waals surface area contributed by atoms with Crippen molar-refractivity contribution in [3.8, 4) is 5.75 Å². The van der Waals surface area contributed by atoms with E-state index in [1.807, 2.05) is 33.8 Å². The largest absolute Gasteiger partial charge is 0.459 e. The molecule has 0 bridgehead atoms. The van der Waals surface area contributed by atoms with Crippen molar-refractivity contribution in [2.75, 3.05) is 0 Å². The van der Waals surface area contributed by atoms with Crippen LogP contribution in [0.1, 0.15) is 58.5 Å². The number of benzene rings is 2. The number of rotatable bonds is 6. The summed E-state index contributed by atoms with van der Waals surface area (Å²) in [6.45, 7) is 7.74. The minimum absolute atomic E-state index is 0.194. The fourth-order valence-electron chi connectivity index (χ4n) is 2.70. The first-order valence-electron chi connectivity index (χ1n) is 8.51. The Bertz CT molecular complexity index is 744. The number of carbonyl (C=O) groups is 2. The molecule has 1 unspecified atom stereocenters. The van der Waals surface area contributed by atoms with Gasteiger partial charge < -0.3 is 9.47 Å². The van der Waals surface area contributed by atoms with Crippen molar-refractivity contribution in [2.24, 2.45) is 0 Å². The third kappa shape index (κ3) is 5.18. The zero-order valence-corrected chi connectivity index (χ0v) is 15.2. The SMILES string of the molecule is CCCC(C)OC(=O)c1ccccc1C(=O)Oc1cc(C)cc(C)c1. The summed E-state index contributed by atoms with van der Waals surface area (Å²) in [5, 5.41) is 0. The van der Waals surface area contributed by atoms with Crippen LogP contribution in [-0.2, 0) is 4.74 Å². The van der Waals surface area contributed by atoms with Crippen molar-refractivity contribution in [2.45, 2.75) is 46.6 Å². The van der Waals surface area contributed by atoms with Crippen LogP contribution in [-0.4, -0.2) is 18.0 Å². The molecule has 0 amide bonds. The monoisotopic (exact) mass is 340 g/mol. The van der Waals surface area contributed by atoms with Gasteiger partial charge in [-0.2, -0.15) is 0 Å². The van der Waals surface area contributed by atoms with E-state index in [-0.39, 0.29) is 17.2 Å². The summed E-state index contributed by atoms with van der Waals surface area (Å²) in [5.74, 6) is -0.611. The van der Waals surface area contributed by atoms with E-state index in [9.17, 15) is 9.59 Å². The highest BCUT2D eigenvalue weighted by molar-refractivity contribution is 6.03. The highest BCUT2D eigenvalue weighted by Gasteiger charge is 2.21. The minimum atomic E-state index is -0.569. The second-order valence-electron chi connectivity index (χ2n) is 6.26. The van der Waals surface area contributed by atoms with Gasteiger partial charge in [-0.05, 0) is 62.6 Å². The van der Waals surface area contributed by atoms with E-state index in [0.29, 0.717) is 5.75 Å². The Hall–Kier alpha value is -2.62. The molecule has 0 aromatic heterocycles. The average Bonchev–Trinajstić information content (AvgIpc) is 2.54. The van der Waals surface area contributed by atoms with E-state index in [1.54, 1.807) is 36.4 Å². The predicted molar refractivity (Wildman–Crippen MR) is 97.1 cm³/mol. The second-order valence-corrected chi connectivity index (χ2v) is 6.26. The van der Waals surface area contributed by atoms with Gasteiger partial charge in [-0.15, -0.1) is 0 Å². The van der Waals surface area contributed by atoms with E-state index in [1.165, 1.54) is 0 Å². The van der Waals surface area contributed by atoms with Gasteiger partial charge in [-0.3, -0.25) is 0 Å². The summed E-state index contributed by atoms with van der Waals surface area (Å²) in [6, 6.07) is 12.1. The molecule has 0 saturated carbocycles. The normalized spacial score (nSPS) is 11.7. The highest BCUT2D eigenvalue weighted by atomic mass is 16.5. The average molecular weight is 340 g/mol. The van der Waals surface area contributed by atoms with Crippen molar-refractivity contribution >= 4 is 11.9 Å². The van der Waals surface area contributed by atoms with E-state index in [4.69, 9.17) is 9.47 Å². The summed E-state index contributed by atoms with van der Waals surface area (Å²) >= 11 is 0. The summed E-state index contributed by atoms with van der Waals surface area (Å²) in [6.07, 6.45) is 1.51. The number of carbonyl (C=O) groups excluding carboxylic acids is 2. The van der Waals surface area contributed by atoms with Gasteiger partial charge in [0.05, 0.1) is 17.2 Å². The first kappa shape index (κ1) is 18.7. The third-order valence-corrected chi connectivity index (χ3v) is 3.78. The zero-order chi connectivity index (χ0) is 18.4. The van der Waals surface area contributed by atoms with Crippen LogP contribution in [0.4, 0.5) is 0 Å². The lowest BCUT2D eigenvalue weighted by molar-refractivity contribution is 0.0318. The molecule has 1 atom stereocenters. The van der Waals surface area contributed by atoms with Crippen molar-refractivity contribution in [1.29, 1.82) is 0 Å². The molecule has 0 saturated heterocycles. The Balaban J connectivity index is 2.21. The summed E-state index contributed by atoms with van der Waals surface area (Å²) in [5.41, 5.74) is 2.43. The highest BCUT2D eigenvalue weighted by Crippen LogP contribution is 2.20. The molecule has 2 rings (SSSR count). The molecule has 132 valence electrons. The van der Waals surface area contributed by atoms with Gasteiger partial charge in [0.15, 0.2) is 0 Å². The number of esters is 2. The molecule has 0 aliphatic rings. The maximum atomic E-state index is 12.5. The Morgan fingerprint density at radius 2 is 1.52 bits per heavy atom. The molecule has 0 heterocycles. The Labute approximate surface area is 148 Å². The second kappa shape index (κ2) is 8.47. The zero-order valence-electron chi connectivity index (χ0n) is 15.2. The molecular weight excluding hydrogens is 316 g/mol. The molecule has 0 spiro atoms. The van der Waals surface area contributed by atoms with Crippen molar-refractivity contribution in [3.05, 3.63) is 64.7 Å². The molecule has 0 radical (unpaired) electrons. The summed E-state index contributed by atoms with van der Waals surface area (Å²) < 4.78 is 10.9. The van der Waals surface area contributed by atoms with Gasteiger partial charge in [0.25, 0.3) is 0 Å². The van der Waals surface area contributed by atoms with Crippen molar-refractivity contribution < 1.29 is 19.1 Å². The molecular formula is C21H24O4. The van der Waals surface area contributed by atoms with Crippen LogP contribution in [0.5, 0.6) is 5.75 Å². The summed E-state index contributed by atoms with van der Waals surface area (Å²) in [4.78, 5) is 24.9. The molecule has 0 aliphatic carbocycles. The molecule has 4 nitrogen and oxygen atoms in total. The van der Waals surface area contributed by atoms with Crippen LogP contribution in [0.3, 0.4) is 0 Å². The molecule has 0 N–H and O–H groups in total. The van der Waals surface area contributed by atoms with Crippen LogP contribution in [0.15, 0.2) is 42.5 Å². The van der Waals surface area contributed by atoms with Crippen LogP contribution in [0.25, 0.3) is 0 Å². The maximum Gasteiger partial charge on any atom is 0.344 e. The minimum Gasteiger partial charge on any atom is -0.459 e. The molecule has 0 fully saturated rings. The lowest BCUT2D eigenvalue weighted by Crippen LogP contribution is -2.19. The fraction of sp³-hybridized carbons (Fsp3) is 0.333. The Morgan fingerprint density at radius 3 is 2.08 bits per heavy atom. The van der Waals surface area contributed by atoms with E-state index in [0.717, 1.165) is 24.0 Å². The van der Waals surface area contributed by atoms with E-state index in [2.05, 4.69) is 0 Å².